The van der Waals surface area contributed by atoms with Crippen LogP contribution in [0.2, 0.25) is 0 Å². The van der Waals surface area contributed by atoms with Crippen molar-refractivity contribution < 1.29 is 9.50 Å². The summed E-state index contributed by atoms with van der Waals surface area (Å²) >= 11 is 3.67. The molecule has 1 aromatic rings. The van der Waals surface area contributed by atoms with Crippen LogP contribution in [-0.4, -0.2) is 27.1 Å². The number of aliphatic hydroxyl groups is 1. The van der Waals surface area contributed by atoms with E-state index >= 15 is 0 Å². The molecule has 3 atom stereocenters. The van der Waals surface area contributed by atoms with Gasteiger partial charge in [0.15, 0.2) is 0 Å². The molecule has 1 heterocycles. The number of aliphatic hydroxyl groups excluding tert-OH is 1. The first-order valence-electron chi connectivity index (χ1n) is 5.35. The maximum absolute atomic E-state index is 13.1. The van der Waals surface area contributed by atoms with Gasteiger partial charge in [-0.1, -0.05) is 19.1 Å². The van der Waals surface area contributed by atoms with E-state index in [-0.39, 0.29) is 11.1 Å². The molecule has 1 N–H and O–H groups in total. The second-order valence-corrected chi connectivity index (χ2v) is 6.68. The van der Waals surface area contributed by atoms with Crippen molar-refractivity contribution in [1.82, 2.24) is 0 Å². The SMILES string of the molecule is CC1SCCSC1C(O)c1cccc(F)c1. The lowest BCUT2D eigenvalue weighted by atomic mass is 10.0. The average molecular weight is 258 g/mol. The van der Waals surface area contributed by atoms with E-state index in [9.17, 15) is 9.50 Å². The summed E-state index contributed by atoms with van der Waals surface area (Å²) in [4.78, 5) is 0. The van der Waals surface area contributed by atoms with Gasteiger partial charge in [-0.25, -0.2) is 4.39 Å². The van der Waals surface area contributed by atoms with Crippen LogP contribution in [0.1, 0.15) is 18.6 Å². The first-order chi connectivity index (χ1) is 7.68. The van der Waals surface area contributed by atoms with Crippen LogP contribution in [0.25, 0.3) is 0 Å². The predicted octanol–water partition coefficient (Wildman–Crippen LogP) is 3.10. The van der Waals surface area contributed by atoms with Gasteiger partial charge in [0.05, 0.1) is 6.10 Å². The summed E-state index contributed by atoms with van der Waals surface area (Å²) in [7, 11) is 0. The zero-order chi connectivity index (χ0) is 11.5. The van der Waals surface area contributed by atoms with E-state index in [1.54, 1.807) is 23.9 Å². The minimum atomic E-state index is -0.566. The molecule has 0 saturated carbocycles. The summed E-state index contributed by atoms with van der Waals surface area (Å²) in [6, 6.07) is 6.28. The van der Waals surface area contributed by atoms with E-state index in [1.165, 1.54) is 12.1 Å². The molecule has 3 unspecified atom stereocenters. The van der Waals surface area contributed by atoms with Crippen LogP contribution in [0.4, 0.5) is 4.39 Å². The maximum atomic E-state index is 13.1. The van der Waals surface area contributed by atoms with E-state index in [2.05, 4.69) is 6.92 Å². The Morgan fingerprint density at radius 1 is 1.38 bits per heavy atom. The van der Waals surface area contributed by atoms with E-state index < -0.39 is 6.10 Å². The summed E-state index contributed by atoms with van der Waals surface area (Å²) in [6.07, 6.45) is -0.566. The molecular weight excluding hydrogens is 243 g/mol. The number of hydrogen-bond donors (Lipinski definition) is 1. The van der Waals surface area contributed by atoms with Gasteiger partial charge in [-0.15, -0.1) is 0 Å². The monoisotopic (exact) mass is 258 g/mol. The molecule has 4 heteroatoms. The molecule has 1 aromatic carbocycles. The van der Waals surface area contributed by atoms with Gasteiger partial charge in [0.1, 0.15) is 5.82 Å². The van der Waals surface area contributed by atoms with Crippen molar-refractivity contribution in [2.45, 2.75) is 23.5 Å². The third-order valence-electron chi connectivity index (χ3n) is 2.74. The molecule has 0 spiro atoms. The Balaban J connectivity index is 2.14. The highest BCUT2D eigenvalue weighted by Gasteiger charge is 2.30. The number of thioether (sulfide) groups is 2. The van der Waals surface area contributed by atoms with Crippen molar-refractivity contribution >= 4 is 23.5 Å². The fourth-order valence-corrected chi connectivity index (χ4v) is 4.71. The molecule has 88 valence electrons. The van der Waals surface area contributed by atoms with Crippen LogP contribution >= 0.6 is 23.5 Å². The predicted molar refractivity (Wildman–Crippen MR) is 69.5 cm³/mol. The lowest BCUT2D eigenvalue weighted by Gasteiger charge is -2.31. The first kappa shape index (κ1) is 12.3. The fourth-order valence-electron chi connectivity index (χ4n) is 1.88. The third-order valence-corrected chi connectivity index (χ3v) is 5.92. The number of halogens is 1. The van der Waals surface area contributed by atoms with Crippen molar-refractivity contribution in [1.29, 1.82) is 0 Å². The summed E-state index contributed by atoms with van der Waals surface area (Å²) in [5, 5.41) is 10.8. The molecule has 0 amide bonds. The molecule has 1 aliphatic heterocycles. The highest BCUT2D eigenvalue weighted by molar-refractivity contribution is 8.07. The second kappa shape index (κ2) is 5.43. The smallest absolute Gasteiger partial charge is 0.123 e. The highest BCUT2D eigenvalue weighted by Crippen LogP contribution is 2.38. The van der Waals surface area contributed by atoms with E-state index in [0.717, 1.165) is 11.5 Å². The molecule has 1 nitrogen and oxygen atoms in total. The average Bonchev–Trinajstić information content (AvgIpc) is 2.29. The van der Waals surface area contributed by atoms with Crippen LogP contribution in [0.5, 0.6) is 0 Å². The highest BCUT2D eigenvalue weighted by atomic mass is 32.2. The van der Waals surface area contributed by atoms with Crippen LogP contribution in [0, 0.1) is 5.82 Å². The summed E-state index contributed by atoms with van der Waals surface area (Å²) in [5.74, 6) is 1.92. The normalized spacial score (nSPS) is 27.7. The number of benzene rings is 1. The molecule has 0 aliphatic carbocycles. The minimum absolute atomic E-state index is 0.167. The zero-order valence-electron chi connectivity index (χ0n) is 9.10. The van der Waals surface area contributed by atoms with Gasteiger partial charge in [0, 0.05) is 22.0 Å². The molecule has 0 radical (unpaired) electrons. The Labute approximate surface area is 104 Å². The first-order valence-corrected chi connectivity index (χ1v) is 7.45. The lowest BCUT2D eigenvalue weighted by molar-refractivity contribution is 0.174. The molecule has 1 fully saturated rings. The third kappa shape index (κ3) is 2.73. The van der Waals surface area contributed by atoms with Crippen LogP contribution in [0.3, 0.4) is 0 Å². The van der Waals surface area contributed by atoms with Gasteiger partial charge in [-0.3, -0.25) is 0 Å². The van der Waals surface area contributed by atoms with Crippen molar-refractivity contribution in [3.63, 3.8) is 0 Å². The molecular formula is C12H15FOS2. The van der Waals surface area contributed by atoms with Gasteiger partial charge >= 0.3 is 0 Å². The Kier molecular flexibility index (Phi) is 4.16. The van der Waals surface area contributed by atoms with E-state index in [0.29, 0.717) is 10.8 Å². The van der Waals surface area contributed by atoms with Crippen LogP contribution in [0.15, 0.2) is 24.3 Å². The maximum Gasteiger partial charge on any atom is 0.123 e. The molecule has 16 heavy (non-hydrogen) atoms. The molecule has 0 aromatic heterocycles. The standard InChI is InChI=1S/C12H15FOS2/c1-8-12(16-6-5-15-8)11(14)9-3-2-4-10(13)7-9/h2-4,7-8,11-12,14H,5-6H2,1H3. The van der Waals surface area contributed by atoms with Gasteiger partial charge in [-0.2, -0.15) is 23.5 Å². The zero-order valence-corrected chi connectivity index (χ0v) is 10.7. The lowest BCUT2D eigenvalue weighted by Crippen LogP contribution is -2.29. The van der Waals surface area contributed by atoms with Gasteiger partial charge in [-0.05, 0) is 17.7 Å². The molecule has 1 aliphatic rings. The van der Waals surface area contributed by atoms with Crippen LogP contribution in [-0.2, 0) is 0 Å². The molecule has 2 rings (SSSR count). The summed E-state index contributed by atoms with van der Waals surface area (Å²) in [5.41, 5.74) is 0.687. The Morgan fingerprint density at radius 3 is 2.81 bits per heavy atom. The number of rotatable bonds is 2. The van der Waals surface area contributed by atoms with Gasteiger partial charge in [0.2, 0.25) is 0 Å². The largest absolute Gasteiger partial charge is 0.387 e. The van der Waals surface area contributed by atoms with E-state index in [1.807, 2.05) is 11.8 Å². The Bertz CT molecular complexity index is 359. The van der Waals surface area contributed by atoms with Gasteiger partial charge in [0.25, 0.3) is 0 Å². The second-order valence-electron chi connectivity index (χ2n) is 3.91. The topological polar surface area (TPSA) is 20.2 Å². The quantitative estimate of drug-likeness (QED) is 0.880. The Morgan fingerprint density at radius 2 is 2.12 bits per heavy atom. The van der Waals surface area contributed by atoms with Crippen molar-refractivity contribution in [2.75, 3.05) is 11.5 Å². The van der Waals surface area contributed by atoms with Crippen LogP contribution < -0.4 is 0 Å². The summed E-state index contributed by atoms with van der Waals surface area (Å²) in [6.45, 7) is 2.13. The fraction of sp³-hybridized carbons (Fsp3) is 0.500. The minimum Gasteiger partial charge on any atom is -0.387 e. The Hall–Kier alpha value is -0.190. The number of hydrogen-bond acceptors (Lipinski definition) is 3. The van der Waals surface area contributed by atoms with Crippen molar-refractivity contribution in [3.8, 4) is 0 Å². The molecule has 1 saturated heterocycles. The van der Waals surface area contributed by atoms with Crippen molar-refractivity contribution in [3.05, 3.63) is 35.6 Å². The van der Waals surface area contributed by atoms with Gasteiger partial charge < -0.3 is 5.11 Å². The van der Waals surface area contributed by atoms with Crippen molar-refractivity contribution in [2.24, 2.45) is 0 Å². The molecule has 0 bridgehead atoms. The summed E-state index contributed by atoms with van der Waals surface area (Å²) < 4.78 is 13.1. The van der Waals surface area contributed by atoms with E-state index in [4.69, 9.17) is 0 Å².